The lowest BCUT2D eigenvalue weighted by Gasteiger charge is -2.44. The Kier molecular flexibility index (Phi) is 7.56. The molecule has 0 heterocycles. The van der Waals surface area contributed by atoms with Crippen LogP contribution in [0, 0.1) is 0 Å². The molecule has 1 atom stereocenters. The van der Waals surface area contributed by atoms with Gasteiger partial charge in [-0.25, -0.2) is 4.79 Å². The van der Waals surface area contributed by atoms with Crippen molar-refractivity contribution in [3.05, 3.63) is 12.7 Å². The Morgan fingerprint density at radius 1 is 1.29 bits per heavy atom. The Hall–Kier alpha value is -1.44. The van der Waals surface area contributed by atoms with E-state index in [9.17, 15) is 9.59 Å². The summed E-state index contributed by atoms with van der Waals surface area (Å²) >= 11 is 0. The van der Waals surface area contributed by atoms with Gasteiger partial charge in [-0.15, -0.1) is 0 Å². The molecule has 0 aliphatic heterocycles. The second kappa shape index (κ2) is 8.11. The van der Waals surface area contributed by atoms with Crippen molar-refractivity contribution in [3.63, 3.8) is 0 Å². The standard InChI is InChI=1S/C14H26N2O5/c1-8-14(11-19-6,15(5)20-7)16(9-10-17)12(18)21-13(2,3)4/h8,10H,1,9,11H2,2-7H3/t14-/m1/s1. The third kappa shape index (κ3) is 5.11. The molecule has 0 aliphatic carbocycles. The van der Waals surface area contributed by atoms with E-state index in [0.29, 0.717) is 6.29 Å². The summed E-state index contributed by atoms with van der Waals surface area (Å²) in [7, 11) is 4.54. The van der Waals surface area contributed by atoms with Crippen LogP contribution in [0.5, 0.6) is 0 Å². The van der Waals surface area contributed by atoms with Crippen molar-refractivity contribution in [2.75, 3.05) is 34.4 Å². The molecule has 0 saturated carbocycles. The predicted octanol–water partition coefficient (Wildman–Crippen LogP) is 1.44. The van der Waals surface area contributed by atoms with Crippen molar-refractivity contribution in [3.8, 4) is 0 Å². The van der Waals surface area contributed by atoms with Gasteiger partial charge in [-0.3, -0.25) is 9.74 Å². The quantitative estimate of drug-likeness (QED) is 0.292. The largest absolute Gasteiger partial charge is 0.444 e. The topological polar surface area (TPSA) is 68.3 Å². The molecule has 21 heavy (non-hydrogen) atoms. The minimum Gasteiger partial charge on any atom is -0.444 e. The van der Waals surface area contributed by atoms with Crippen LogP contribution in [0.2, 0.25) is 0 Å². The maximum Gasteiger partial charge on any atom is 0.412 e. The van der Waals surface area contributed by atoms with Crippen LogP contribution in [0.4, 0.5) is 4.79 Å². The first-order valence-corrected chi connectivity index (χ1v) is 6.53. The zero-order valence-electron chi connectivity index (χ0n) is 13.7. The van der Waals surface area contributed by atoms with Gasteiger partial charge in [0.1, 0.15) is 11.9 Å². The number of rotatable bonds is 8. The lowest BCUT2D eigenvalue weighted by atomic mass is 10.1. The minimum absolute atomic E-state index is 0.0634. The lowest BCUT2D eigenvalue weighted by Crippen LogP contribution is -2.63. The highest BCUT2D eigenvalue weighted by Gasteiger charge is 2.43. The Balaban J connectivity index is 5.65. The fourth-order valence-corrected chi connectivity index (χ4v) is 1.79. The van der Waals surface area contributed by atoms with Crippen molar-refractivity contribution >= 4 is 12.4 Å². The van der Waals surface area contributed by atoms with Crippen LogP contribution >= 0.6 is 0 Å². The van der Waals surface area contributed by atoms with Gasteiger partial charge in [0.15, 0.2) is 5.66 Å². The highest BCUT2D eigenvalue weighted by atomic mass is 16.7. The Morgan fingerprint density at radius 2 is 1.86 bits per heavy atom. The molecule has 7 heteroatoms. The van der Waals surface area contributed by atoms with E-state index in [2.05, 4.69) is 6.58 Å². The van der Waals surface area contributed by atoms with Crippen molar-refractivity contribution in [2.45, 2.75) is 32.0 Å². The van der Waals surface area contributed by atoms with Gasteiger partial charge in [-0.05, 0) is 26.8 Å². The third-order valence-corrected chi connectivity index (χ3v) is 2.84. The van der Waals surface area contributed by atoms with E-state index in [1.165, 1.54) is 30.3 Å². The summed E-state index contributed by atoms with van der Waals surface area (Å²) in [6.45, 7) is 8.85. The molecular weight excluding hydrogens is 276 g/mol. The maximum absolute atomic E-state index is 12.4. The number of likely N-dealkylation sites (N-methyl/N-ethyl adjacent to an activating group) is 1. The summed E-state index contributed by atoms with van der Waals surface area (Å²) in [5.41, 5.74) is -1.85. The molecule has 0 saturated heterocycles. The molecule has 0 aromatic heterocycles. The first kappa shape index (κ1) is 19.6. The summed E-state index contributed by atoms with van der Waals surface area (Å²) < 4.78 is 10.5. The zero-order chi connectivity index (χ0) is 16.7. The summed E-state index contributed by atoms with van der Waals surface area (Å²) in [6.07, 6.45) is 1.44. The van der Waals surface area contributed by atoms with Gasteiger partial charge in [0.2, 0.25) is 0 Å². The van der Waals surface area contributed by atoms with Crippen LogP contribution in [0.1, 0.15) is 20.8 Å². The molecule has 0 N–H and O–H groups in total. The van der Waals surface area contributed by atoms with Gasteiger partial charge in [0.25, 0.3) is 0 Å². The average molecular weight is 302 g/mol. The van der Waals surface area contributed by atoms with Gasteiger partial charge in [-0.2, -0.15) is 5.06 Å². The molecule has 0 aromatic rings. The molecule has 0 unspecified atom stereocenters. The number of methoxy groups -OCH3 is 1. The van der Waals surface area contributed by atoms with Crippen molar-refractivity contribution < 1.29 is 23.9 Å². The number of amides is 1. The SMILES string of the molecule is C=C[C@@](COC)(N(C)OC)N(CC=O)C(=O)OC(C)(C)C. The normalized spacial score (nSPS) is 14.4. The molecular formula is C14H26N2O5. The molecule has 122 valence electrons. The van der Waals surface area contributed by atoms with E-state index in [-0.39, 0.29) is 13.2 Å². The molecule has 0 rings (SSSR count). The summed E-state index contributed by atoms with van der Waals surface area (Å²) in [6, 6.07) is 0. The fraction of sp³-hybridized carbons (Fsp3) is 0.714. The predicted molar refractivity (Wildman–Crippen MR) is 78.6 cm³/mol. The zero-order valence-corrected chi connectivity index (χ0v) is 13.7. The fourth-order valence-electron chi connectivity index (χ4n) is 1.79. The van der Waals surface area contributed by atoms with Crippen molar-refractivity contribution in [1.29, 1.82) is 0 Å². The van der Waals surface area contributed by atoms with Gasteiger partial charge < -0.3 is 14.3 Å². The van der Waals surface area contributed by atoms with Gasteiger partial charge in [0.05, 0.1) is 20.3 Å². The van der Waals surface area contributed by atoms with Gasteiger partial charge in [-0.1, -0.05) is 6.58 Å². The number of hydroxylamine groups is 2. The molecule has 0 bridgehead atoms. The molecule has 0 spiro atoms. The Morgan fingerprint density at radius 3 is 2.19 bits per heavy atom. The number of hydrogen-bond donors (Lipinski definition) is 0. The number of aldehydes is 1. The average Bonchev–Trinajstić information content (AvgIpc) is 2.39. The van der Waals surface area contributed by atoms with Gasteiger partial charge in [0, 0.05) is 14.2 Å². The first-order valence-electron chi connectivity index (χ1n) is 6.53. The van der Waals surface area contributed by atoms with Crippen LogP contribution in [0.15, 0.2) is 12.7 Å². The third-order valence-electron chi connectivity index (χ3n) is 2.84. The van der Waals surface area contributed by atoms with Crippen molar-refractivity contribution in [1.82, 2.24) is 9.96 Å². The summed E-state index contributed by atoms with van der Waals surface area (Å²) in [5.74, 6) is 0. The highest BCUT2D eigenvalue weighted by molar-refractivity contribution is 5.73. The van der Waals surface area contributed by atoms with E-state index in [4.69, 9.17) is 14.3 Å². The molecule has 0 aliphatic rings. The first-order chi connectivity index (χ1) is 9.68. The van der Waals surface area contributed by atoms with E-state index < -0.39 is 17.4 Å². The highest BCUT2D eigenvalue weighted by Crippen LogP contribution is 2.24. The molecule has 0 aromatic carbocycles. The van der Waals surface area contributed by atoms with Crippen LogP contribution in [-0.4, -0.2) is 68.0 Å². The number of hydrogen-bond acceptors (Lipinski definition) is 6. The van der Waals surface area contributed by atoms with E-state index in [1.807, 2.05) is 0 Å². The summed E-state index contributed by atoms with van der Waals surface area (Å²) in [5, 5.41) is 1.39. The molecule has 0 radical (unpaired) electrons. The smallest absolute Gasteiger partial charge is 0.412 e. The second-order valence-corrected chi connectivity index (χ2v) is 5.45. The Bertz CT molecular complexity index is 367. The van der Waals surface area contributed by atoms with Crippen LogP contribution < -0.4 is 0 Å². The molecule has 0 fully saturated rings. The number of ether oxygens (including phenoxy) is 2. The lowest BCUT2D eigenvalue weighted by molar-refractivity contribution is -0.223. The van der Waals surface area contributed by atoms with E-state index >= 15 is 0 Å². The number of nitrogens with zero attached hydrogens (tertiary/aromatic N) is 2. The molecule has 7 nitrogen and oxygen atoms in total. The minimum atomic E-state index is -1.16. The van der Waals surface area contributed by atoms with Gasteiger partial charge >= 0.3 is 6.09 Å². The van der Waals surface area contributed by atoms with Crippen LogP contribution in [0.3, 0.4) is 0 Å². The molecule has 1 amide bonds. The van der Waals surface area contributed by atoms with Crippen LogP contribution in [0.25, 0.3) is 0 Å². The summed E-state index contributed by atoms with van der Waals surface area (Å²) in [4.78, 5) is 29.8. The van der Waals surface area contributed by atoms with E-state index in [1.54, 1.807) is 27.8 Å². The number of carbonyl (C=O) groups excluding carboxylic acids is 2. The second-order valence-electron chi connectivity index (χ2n) is 5.45. The monoisotopic (exact) mass is 302 g/mol. The maximum atomic E-state index is 12.4. The number of carbonyl (C=O) groups is 2. The van der Waals surface area contributed by atoms with E-state index in [0.717, 1.165) is 0 Å². The van der Waals surface area contributed by atoms with Crippen LogP contribution in [-0.2, 0) is 19.1 Å². The Labute approximate surface area is 126 Å². The van der Waals surface area contributed by atoms with Crippen molar-refractivity contribution in [2.24, 2.45) is 0 Å².